The van der Waals surface area contributed by atoms with Crippen LogP contribution in [0.3, 0.4) is 0 Å². The van der Waals surface area contributed by atoms with Crippen LogP contribution in [0, 0.1) is 5.82 Å². The fraction of sp³-hybridized carbons (Fsp3) is 0.105. The summed E-state index contributed by atoms with van der Waals surface area (Å²) in [7, 11) is 0. The van der Waals surface area contributed by atoms with E-state index in [0.29, 0.717) is 5.76 Å². The Morgan fingerprint density at radius 2 is 1.88 bits per heavy atom. The van der Waals surface area contributed by atoms with Gasteiger partial charge in [0.1, 0.15) is 17.6 Å². The SMILES string of the molecule is O=C(Cc1c(F)cccc1Cl)N[C@@H](c1ccccc1)c1ccco1. The van der Waals surface area contributed by atoms with E-state index in [1.165, 1.54) is 12.1 Å². The Morgan fingerprint density at radius 1 is 1.08 bits per heavy atom. The van der Waals surface area contributed by atoms with Crippen molar-refractivity contribution in [1.29, 1.82) is 0 Å². The molecule has 3 nitrogen and oxygen atoms in total. The summed E-state index contributed by atoms with van der Waals surface area (Å²) in [5, 5.41) is 3.12. The normalized spacial score (nSPS) is 11.9. The van der Waals surface area contributed by atoms with Crippen molar-refractivity contribution in [2.75, 3.05) is 0 Å². The van der Waals surface area contributed by atoms with Crippen LogP contribution in [0.2, 0.25) is 5.02 Å². The minimum absolute atomic E-state index is 0.143. The van der Waals surface area contributed by atoms with Crippen LogP contribution in [0.5, 0.6) is 0 Å². The molecule has 24 heavy (non-hydrogen) atoms. The van der Waals surface area contributed by atoms with Crippen molar-refractivity contribution in [1.82, 2.24) is 5.32 Å². The Labute approximate surface area is 144 Å². The van der Waals surface area contributed by atoms with Crippen molar-refractivity contribution in [3.05, 3.63) is 94.7 Å². The Morgan fingerprint density at radius 3 is 2.54 bits per heavy atom. The molecule has 1 amide bonds. The molecule has 3 rings (SSSR count). The molecule has 0 bridgehead atoms. The van der Waals surface area contributed by atoms with Crippen molar-refractivity contribution in [3.8, 4) is 0 Å². The summed E-state index contributed by atoms with van der Waals surface area (Å²) in [5.41, 5.74) is 1.06. The zero-order valence-electron chi connectivity index (χ0n) is 12.7. The van der Waals surface area contributed by atoms with E-state index < -0.39 is 11.9 Å². The van der Waals surface area contributed by atoms with Crippen LogP contribution >= 0.6 is 11.6 Å². The highest BCUT2D eigenvalue weighted by atomic mass is 35.5. The van der Waals surface area contributed by atoms with E-state index >= 15 is 0 Å². The van der Waals surface area contributed by atoms with Gasteiger partial charge >= 0.3 is 0 Å². The minimum atomic E-state index is -0.494. The van der Waals surface area contributed by atoms with Gasteiger partial charge in [0.15, 0.2) is 0 Å². The Balaban J connectivity index is 1.82. The van der Waals surface area contributed by atoms with Crippen molar-refractivity contribution in [3.63, 3.8) is 0 Å². The van der Waals surface area contributed by atoms with Gasteiger partial charge in [-0.15, -0.1) is 0 Å². The summed E-state index contributed by atoms with van der Waals surface area (Å²) in [6, 6.07) is 16.9. The van der Waals surface area contributed by atoms with Gasteiger partial charge < -0.3 is 9.73 Å². The summed E-state index contributed by atoms with van der Waals surface area (Å²) in [6.45, 7) is 0. The topological polar surface area (TPSA) is 42.2 Å². The highest BCUT2D eigenvalue weighted by molar-refractivity contribution is 6.31. The summed E-state index contributed by atoms with van der Waals surface area (Å²) < 4.78 is 19.3. The summed E-state index contributed by atoms with van der Waals surface area (Å²) in [4.78, 5) is 12.4. The highest BCUT2D eigenvalue weighted by Gasteiger charge is 2.20. The number of hydrogen-bond acceptors (Lipinski definition) is 2. The van der Waals surface area contributed by atoms with Crippen LogP contribution < -0.4 is 5.32 Å². The first-order chi connectivity index (χ1) is 11.6. The monoisotopic (exact) mass is 343 g/mol. The fourth-order valence-corrected chi connectivity index (χ4v) is 2.72. The zero-order chi connectivity index (χ0) is 16.9. The molecule has 1 atom stereocenters. The number of hydrogen-bond donors (Lipinski definition) is 1. The lowest BCUT2D eigenvalue weighted by atomic mass is 10.0. The van der Waals surface area contributed by atoms with E-state index in [-0.39, 0.29) is 22.9 Å². The van der Waals surface area contributed by atoms with Gasteiger partial charge in [-0.25, -0.2) is 4.39 Å². The lowest BCUT2D eigenvalue weighted by Crippen LogP contribution is -2.30. The second kappa shape index (κ2) is 7.32. The number of amides is 1. The third kappa shape index (κ3) is 3.66. The fourth-order valence-electron chi connectivity index (χ4n) is 2.49. The van der Waals surface area contributed by atoms with Crippen LogP contribution in [0.4, 0.5) is 4.39 Å². The van der Waals surface area contributed by atoms with E-state index in [9.17, 15) is 9.18 Å². The predicted molar refractivity (Wildman–Crippen MR) is 90.2 cm³/mol. The Hall–Kier alpha value is -2.59. The molecule has 0 fully saturated rings. The predicted octanol–water partition coefficient (Wildman–Crippen LogP) is 4.52. The molecular weight excluding hydrogens is 329 g/mol. The summed E-state index contributed by atoms with van der Waals surface area (Å²) >= 11 is 5.99. The van der Waals surface area contributed by atoms with Crippen LogP contribution in [0.25, 0.3) is 0 Å². The van der Waals surface area contributed by atoms with Gasteiger partial charge in [-0.3, -0.25) is 4.79 Å². The molecule has 3 aromatic rings. The second-order valence-electron chi connectivity index (χ2n) is 5.30. The smallest absolute Gasteiger partial charge is 0.225 e. The Kier molecular flexibility index (Phi) is 4.96. The molecule has 0 radical (unpaired) electrons. The Bertz CT molecular complexity index is 798. The average Bonchev–Trinajstić information content (AvgIpc) is 3.11. The third-order valence-electron chi connectivity index (χ3n) is 3.66. The van der Waals surface area contributed by atoms with Gasteiger partial charge in [-0.2, -0.15) is 0 Å². The lowest BCUT2D eigenvalue weighted by molar-refractivity contribution is -0.121. The molecule has 0 spiro atoms. The van der Waals surface area contributed by atoms with Gasteiger partial charge in [-0.05, 0) is 29.8 Å². The van der Waals surface area contributed by atoms with Crippen molar-refractivity contribution in [2.45, 2.75) is 12.5 Å². The standard InChI is InChI=1S/C19H15ClFNO2/c20-15-8-4-9-16(21)14(15)12-18(23)22-19(17-10-5-11-24-17)13-6-2-1-3-7-13/h1-11,19H,12H2,(H,22,23)/t19-/m0/s1. The maximum Gasteiger partial charge on any atom is 0.225 e. The average molecular weight is 344 g/mol. The van der Waals surface area contributed by atoms with Crippen LogP contribution in [0.15, 0.2) is 71.3 Å². The molecule has 0 saturated carbocycles. The van der Waals surface area contributed by atoms with Crippen LogP contribution in [0.1, 0.15) is 22.9 Å². The molecule has 5 heteroatoms. The summed E-state index contributed by atoms with van der Waals surface area (Å²) in [6.07, 6.45) is 1.40. The quantitative estimate of drug-likeness (QED) is 0.740. The van der Waals surface area contributed by atoms with Crippen molar-refractivity contribution >= 4 is 17.5 Å². The van der Waals surface area contributed by atoms with E-state index in [4.69, 9.17) is 16.0 Å². The molecule has 122 valence electrons. The maximum absolute atomic E-state index is 13.9. The van der Waals surface area contributed by atoms with E-state index in [1.54, 1.807) is 24.5 Å². The number of rotatable bonds is 5. The molecule has 0 unspecified atom stereocenters. The highest BCUT2D eigenvalue weighted by Crippen LogP contribution is 2.24. The van der Waals surface area contributed by atoms with E-state index in [0.717, 1.165) is 5.56 Å². The third-order valence-corrected chi connectivity index (χ3v) is 4.02. The largest absolute Gasteiger partial charge is 0.467 e. The molecule has 2 aromatic carbocycles. The van der Waals surface area contributed by atoms with E-state index in [2.05, 4.69) is 5.32 Å². The number of carbonyl (C=O) groups is 1. The van der Waals surface area contributed by atoms with Gasteiger partial charge in [0.25, 0.3) is 0 Å². The number of benzene rings is 2. The number of halogens is 2. The molecule has 1 heterocycles. The zero-order valence-corrected chi connectivity index (χ0v) is 13.5. The molecule has 0 aliphatic heterocycles. The first kappa shape index (κ1) is 16.3. The van der Waals surface area contributed by atoms with Gasteiger partial charge in [0, 0.05) is 10.6 Å². The van der Waals surface area contributed by atoms with E-state index in [1.807, 2.05) is 30.3 Å². The molecule has 0 aliphatic rings. The minimum Gasteiger partial charge on any atom is -0.467 e. The molecule has 0 saturated heterocycles. The first-order valence-corrected chi connectivity index (χ1v) is 7.83. The lowest BCUT2D eigenvalue weighted by Gasteiger charge is -2.17. The molecule has 1 N–H and O–H groups in total. The summed E-state index contributed by atoms with van der Waals surface area (Å²) in [5.74, 6) is -0.228. The van der Waals surface area contributed by atoms with Crippen LogP contribution in [-0.4, -0.2) is 5.91 Å². The van der Waals surface area contributed by atoms with Crippen molar-refractivity contribution < 1.29 is 13.6 Å². The first-order valence-electron chi connectivity index (χ1n) is 7.46. The van der Waals surface area contributed by atoms with Gasteiger partial charge in [-0.1, -0.05) is 48.0 Å². The van der Waals surface area contributed by atoms with Crippen molar-refractivity contribution in [2.24, 2.45) is 0 Å². The number of carbonyl (C=O) groups excluding carboxylic acids is 1. The molecule has 1 aromatic heterocycles. The maximum atomic E-state index is 13.9. The number of nitrogens with one attached hydrogen (secondary N) is 1. The van der Waals surface area contributed by atoms with Crippen LogP contribution in [-0.2, 0) is 11.2 Å². The van der Waals surface area contributed by atoms with Gasteiger partial charge in [0.05, 0.1) is 12.7 Å². The van der Waals surface area contributed by atoms with Gasteiger partial charge in [0.2, 0.25) is 5.91 Å². The number of furan rings is 1. The molecular formula is C19H15ClFNO2. The molecule has 0 aliphatic carbocycles. The second-order valence-corrected chi connectivity index (χ2v) is 5.71.